The SMILES string of the molecule is CCNC(Cc1ncnn1C(C)C)c1cccc(OC)c1. The number of nitrogens with one attached hydrogen (secondary N) is 1. The lowest BCUT2D eigenvalue weighted by molar-refractivity contribution is 0.412. The molecule has 1 aromatic carbocycles. The van der Waals surface area contributed by atoms with Crippen molar-refractivity contribution >= 4 is 0 Å². The van der Waals surface area contributed by atoms with Crippen LogP contribution in [0, 0.1) is 0 Å². The third kappa shape index (κ3) is 3.82. The molecule has 0 aliphatic carbocycles. The molecule has 5 nitrogen and oxygen atoms in total. The largest absolute Gasteiger partial charge is 0.497 e. The van der Waals surface area contributed by atoms with Gasteiger partial charge in [-0.15, -0.1) is 0 Å². The van der Waals surface area contributed by atoms with E-state index >= 15 is 0 Å². The second-order valence-corrected chi connectivity index (χ2v) is 5.31. The number of hydrogen-bond acceptors (Lipinski definition) is 4. The van der Waals surface area contributed by atoms with E-state index in [4.69, 9.17) is 4.74 Å². The van der Waals surface area contributed by atoms with E-state index in [1.165, 1.54) is 5.56 Å². The summed E-state index contributed by atoms with van der Waals surface area (Å²) in [6, 6.07) is 8.69. The van der Waals surface area contributed by atoms with Gasteiger partial charge in [0.25, 0.3) is 0 Å². The maximum Gasteiger partial charge on any atom is 0.138 e. The summed E-state index contributed by atoms with van der Waals surface area (Å²) >= 11 is 0. The normalized spacial score (nSPS) is 12.6. The molecule has 2 rings (SSSR count). The van der Waals surface area contributed by atoms with Crippen molar-refractivity contribution in [2.45, 2.75) is 39.3 Å². The molecule has 1 unspecified atom stereocenters. The first kappa shape index (κ1) is 15.5. The smallest absolute Gasteiger partial charge is 0.138 e. The van der Waals surface area contributed by atoms with Gasteiger partial charge in [0.15, 0.2) is 0 Å². The van der Waals surface area contributed by atoms with Gasteiger partial charge in [-0.3, -0.25) is 0 Å². The van der Waals surface area contributed by atoms with Gasteiger partial charge in [-0.2, -0.15) is 5.10 Å². The van der Waals surface area contributed by atoms with Gasteiger partial charge >= 0.3 is 0 Å². The molecule has 0 aliphatic heterocycles. The fourth-order valence-electron chi connectivity index (χ4n) is 2.45. The molecule has 0 bridgehead atoms. The van der Waals surface area contributed by atoms with Crippen molar-refractivity contribution in [2.24, 2.45) is 0 Å². The number of rotatable bonds is 7. The molecule has 1 heterocycles. The number of benzene rings is 1. The molecule has 0 spiro atoms. The van der Waals surface area contributed by atoms with Crippen LogP contribution in [0.1, 0.15) is 44.2 Å². The van der Waals surface area contributed by atoms with Crippen molar-refractivity contribution in [3.8, 4) is 5.75 Å². The molecule has 1 aromatic heterocycles. The first-order chi connectivity index (χ1) is 10.2. The van der Waals surface area contributed by atoms with Crippen LogP contribution in [0.25, 0.3) is 0 Å². The molecule has 5 heteroatoms. The molecule has 1 N–H and O–H groups in total. The molecule has 0 aliphatic rings. The molecule has 0 saturated heterocycles. The average Bonchev–Trinajstić information content (AvgIpc) is 2.95. The number of methoxy groups -OCH3 is 1. The Kier molecular flexibility index (Phi) is 5.33. The predicted octanol–water partition coefficient (Wildman–Crippen LogP) is 2.76. The second kappa shape index (κ2) is 7.22. The quantitative estimate of drug-likeness (QED) is 0.851. The van der Waals surface area contributed by atoms with Gasteiger partial charge < -0.3 is 10.1 Å². The summed E-state index contributed by atoms with van der Waals surface area (Å²) in [5.41, 5.74) is 1.20. The molecule has 0 amide bonds. The Morgan fingerprint density at radius 3 is 2.81 bits per heavy atom. The first-order valence-corrected chi connectivity index (χ1v) is 7.41. The van der Waals surface area contributed by atoms with Crippen LogP contribution in [0.2, 0.25) is 0 Å². The summed E-state index contributed by atoms with van der Waals surface area (Å²) in [6.45, 7) is 7.25. The van der Waals surface area contributed by atoms with Crippen LogP contribution >= 0.6 is 0 Å². The molecule has 2 aromatic rings. The van der Waals surface area contributed by atoms with Crippen LogP contribution in [0.15, 0.2) is 30.6 Å². The lowest BCUT2D eigenvalue weighted by Gasteiger charge is -2.19. The Bertz CT molecular complexity index is 565. The molecule has 0 saturated carbocycles. The number of hydrogen-bond donors (Lipinski definition) is 1. The van der Waals surface area contributed by atoms with Gasteiger partial charge in [0.1, 0.15) is 17.9 Å². The van der Waals surface area contributed by atoms with E-state index in [-0.39, 0.29) is 6.04 Å². The Balaban J connectivity index is 2.24. The van der Waals surface area contributed by atoms with Crippen LogP contribution in [-0.2, 0) is 6.42 Å². The monoisotopic (exact) mass is 288 g/mol. The van der Waals surface area contributed by atoms with Crippen molar-refractivity contribution in [3.05, 3.63) is 42.0 Å². The van der Waals surface area contributed by atoms with E-state index < -0.39 is 0 Å². The Hall–Kier alpha value is -1.88. The molecule has 21 heavy (non-hydrogen) atoms. The lowest BCUT2D eigenvalue weighted by Crippen LogP contribution is -2.25. The van der Waals surface area contributed by atoms with Gasteiger partial charge in [0.05, 0.1) is 7.11 Å². The molecule has 0 fully saturated rings. The highest BCUT2D eigenvalue weighted by Crippen LogP contribution is 2.22. The van der Waals surface area contributed by atoms with Crippen LogP contribution in [0.5, 0.6) is 5.75 Å². The summed E-state index contributed by atoms with van der Waals surface area (Å²) < 4.78 is 7.30. The summed E-state index contributed by atoms with van der Waals surface area (Å²) in [6.07, 6.45) is 2.43. The summed E-state index contributed by atoms with van der Waals surface area (Å²) in [5.74, 6) is 1.87. The van der Waals surface area contributed by atoms with Crippen molar-refractivity contribution in [1.82, 2.24) is 20.1 Å². The number of likely N-dealkylation sites (N-methyl/N-ethyl adjacent to an activating group) is 1. The Morgan fingerprint density at radius 2 is 2.14 bits per heavy atom. The highest BCUT2D eigenvalue weighted by molar-refractivity contribution is 5.31. The molecule has 0 radical (unpaired) electrons. The van der Waals surface area contributed by atoms with Crippen molar-refractivity contribution < 1.29 is 4.74 Å². The van der Waals surface area contributed by atoms with E-state index in [1.54, 1.807) is 13.4 Å². The minimum absolute atomic E-state index is 0.201. The van der Waals surface area contributed by atoms with E-state index in [9.17, 15) is 0 Å². The van der Waals surface area contributed by atoms with Crippen LogP contribution in [0.4, 0.5) is 0 Å². The Morgan fingerprint density at radius 1 is 1.33 bits per heavy atom. The number of nitrogens with zero attached hydrogens (tertiary/aromatic N) is 3. The van der Waals surface area contributed by atoms with Crippen molar-refractivity contribution in [1.29, 1.82) is 0 Å². The zero-order valence-electron chi connectivity index (χ0n) is 13.2. The topological polar surface area (TPSA) is 52.0 Å². The van der Waals surface area contributed by atoms with Gasteiger partial charge in [0.2, 0.25) is 0 Å². The number of ether oxygens (including phenoxy) is 1. The summed E-state index contributed by atoms with van der Waals surface area (Å²) in [7, 11) is 1.69. The molecular formula is C16H24N4O. The zero-order valence-corrected chi connectivity index (χ0v) is 13.2. The van der Waals surface area contributed by atoms with E-state index in [2.05, 4.69) is 48.3 Å². The number of aromatic nitrogens is 3. The van der Waals surface area contributed by atoms with Gasteiger partial charge in [-0.25, -0.2) is 9.67 Å². The van der Waals surface area contributed by atoms with E-state index in [1.807, 2.05) is 16.8 Å². The highest BCUT2D eigenvalue weighted by Gasteiger charge is 2.16. The summed E-state index contributed by atoms with van der Waals surface area (Å²) in [4.78, 5) is 4.41. The summed E-state index contributed by atoms with van der Waals surface area (Å²) in [5, 5.41) is 7.83. The standard InChI is InChI=1S/C16H24N4O/c1-5-17-15(13-7-6-8-14(9-13)21-4)10-16-18-11-19-20(16)12(2)3/h6-9,11-12,15,17H,5,10H2,1-4H3. The van der Waals surface area contributed by atoms with Crippen LogP contribution in [-0.4, -0.2) is 28.4 Å². The zero-order chi connectivity index (χ0) is 15.2. The van der Waals surface area contributed by atoms with Crippen LogP contribution in [0.3, 0.4) is 0 Å². The van der Waals surface area contributed by atoms with Gasteiger partial charge in [-0.1, -0.05) is 19.1 Å². The van der Waals surface area contributed by atoms with Gasteiger partial charge in [0, 0.05) is 18.5 Å². The minimum atomic E-state index is 0.201. The second-order valence-electron chi connectivity index (χ2n) is 5.31. The fourth-order valence-corrected chi connectivity index (χ4v) is 2.45. The van der Waals surface area contributed by atoms with Crippen molar-refractivity contribution in [2.75, 3.05) is 13.7 Å². The van der Waals surface area contributed by atoms with E-state index in [0.29, 0.717) is 6.04 Å². The van der Waals surface area contributed by atoms with E-state index in [0.717, 1.165) is 24.5 Å². The minimum Gasteiger partial charge on any atom is -0.497 e. The molecular weight excluding hydrogens is 264 g/mol. The van der Waals surface area contributed by atoms with Gasteiger partial charge in [-0.05, 0) is 38.1 Å². The maximum absolute atomic E-state index is 5.32. The third-order valence-corrected chi connectivity index (χ3v) is 3.47. The highest BCUT2D eigenvalue weighted by atomic mass is 16.5. The maximum atomic E-state index is 5.32. The fraction of sp³-hybridized carbons (Fsp3) is 0.500. The molecule has 114 valence electrons. The molecule has 1 atom stereocenters. The third-order valence-electron chi connectivity index (χ3n) is 3.47. The van der Waals surface area contributed by atoms with Crippen LogP contribution < -0.4 is 10.1 Å². The lowest BCUT2D eigenvalue weighted by atomic mass is 10.0. The Labute approximate surface area is 126 Å². The predicted molar refractivity (Wildman–Crippen MR) is 83.5 cm³/mol. The average molecular weight is 288 g/mol. The first-order valence-electron chi connectivity index (χ1n) is 7.41. The van der Waals surface area contributed by atoms with Crippen molar-refractivity contribution in [3.63, 3.8) is 0 Å².